The molecule has 10 heavy (non-hydrogen) atoms. The Labute approximate surface area is 61.3 Å². The molecule has 1 atom stereocenters. The van der Waals surface area contributed by atoms with E-state index in [9.17, 15) is 4.79 Å². The van der Waals surface area contributed by atoms with E-state index in [1.54, 1.807) is 6.92 Å². The predicted molar refractivity (Wildman–Crippen MR) is 40.5 cm³/mol. The van der Waals surface area contributed by atoms with Crippen LogP contribution in [0.5, 0.6) is 0 Å². The molecule has 0 aromatic rings. The van der Waals surface area contributed by atoms with Crippen molar-refractivity contribution in [2.24, 2.45) is 5.92 Å². The number of rotatable bonds is 1. The second kappa shape index (κ2) is 2.45. The highest BCUT2D eigenvalue weighted by molar-refractivity contribution is 5.83. The molecule has 2 nitrogen and oxygen atoms in total. The highest BCUT2D eigenvalue weighted by atomic mass is 16.1. The summed E-state index contributed by atoms with van der Waals surface area (Å²) in [4.78, 5) is 10.9. The van der Waals surface area contributed by atoms with Crippen molar-refractivity contribution in [2.45, 2.75) is 20.8 Å². The summed E-state index contributed by atoms with van der Waals surface area (Å²) in [6.07, 6.45) is 0. The molecule has 1 aliphatic heterocycles. The van der Waals surface area contributed by atoms with Crippen molar-refractivity contribution in [3.8, 4) is 0 Å². The predicted octanol–water partition coefficient (Wildman–Crippen LogP) is 1.09. The summed E-state index contributed by atoms with van der Waals surface area (Å²) in [5, 5.41) is 3.14. The van der Waals surface area contributed by atoms with Crippen LogP contribution in [0.15, 0.2) is 11.3 Å². The third-order valence-corrected chi connectivity index (χ3v) is 1.87. The largest absolute Gasteiger partial charge is 0.387 e. The number of allylic oxidation sites excluding steroid dienone is 1. The molecule has 1 unspecified atom stereocenters. The van der Waals surface area contributed by atoms with Gasteiger partial charge in [-0.1, -0.05) is 5.57 Å². The Bertz CT molecular complexity index is 189. The average molecular weight is 139 g/mol. The van der Waals surface area contributed by atoms with Gasteiger partial charge in [0.25, 0.3) is 0 Å². The van der Waals surface area contributed by atoms with E-state index in [0.29, 0.717) is 0 Å². The third kappa shape index (κ3) is 1.06. The van der Waals surface area contributed by atoms with Crippen molar-refractivity contribution in [1.29, 1.82) is 0 Å². The van der Waals surface area contributed by atoms with Crippen molar-refractivity contribution >= 4 is 5.78 Å². The Balaban J connectivity index is 2.69. The van der Waals surface area contributed by atoms with Gasteiger partial charge in [0.1, 0.15) is 5.78 Å². The van der Waals surface area contributed by atoms with Gasteiger partial charge in [-0.2, -0.15) is 0 Å². The van der Waals surface area contributed by atoms with Crippen molar-refractivity contribution in [2.75, 3.05) is 6.54 Å². The molecular formula is C8H13NO. The minimum absolute atomic E-state index is 0.171. The first-order valence-corrected chi connectivity index (χ1v) is 3.54. The Kier molecular flexibility index (Phi) is 1.79. The lowest BCUT2D eigenvalue weighted by atomic mass is 9.91. The number of hydrogen-bond acceptors (Lipinski definition) is 2. The van der Waals surface area contributed by atoms with Crippen molar-refractivity contribution in [3.05, 3.63) is 11.3 Å². The fourth-order valence-electron chi connectivity index (χ4n) is 1.18. The van der Waals surface area contributed by atoms with Gasteiger partial charge in [0.05, 0.1) is 5.92 Å². The van der Waals surface area contributed by atoms with Crippen molar-refractivity contribution in [3.63, 3.8) is 0 Å². The summed E-state index contributed by atoms with van der Waals surface area (Å²) in [6.45, 7) is 6.53. The van der Waals surface area contributed by atoms with Gasteiger partial charge in [0.2, 0.25) is 0 Å². The minimum atomic E-state index is 0.171. The molecule has 1 aliphatic rings. The molecule has 0 aliphatic carbocycles. The zero-order valence-electron chi connectivity index (χ0n) is 6.69. The van der Waals surface area contributed by atoms with E-state index in [2.05, 4.69) is 5.32 Å². The normalized spacial score (nSPS) is 23.1. The van der Waals surface area contributed by atoms with Crippen LogP contribution in [0, 0.1) is 5.92 Å². The van der Waals surface area contributed by atoms with E-state index in [4.69, 9.17) is 0 Å². The van der Waals surface area contributed by atoms with Gasteiger partial charge in [-0.15, -0.1) is 0 Å². The van der Waals surface area contributed by atoms with E-state index < -0.39 is 0 Å². The smallest absolute Gasteiger partial charge is 0.140 e. The van der Waals surface area contributed by atoms with Gasteiger partial charge in [-0.25, -0.2) is 0 Å². The van der Waals surface area contributed by atoms with Crippen LogP contribution >= 0.6 is 0 Å². The highest BCUT2D eigenvalue weighted by Gasteiger charge is 2.28. The lowest BCUT2D eigenvalue weighted by Crippen LogP contribution is -2.44. The third-order valence-electron chi connectivity index (χ3n) is 1.87. The number of carbonyl (C=O) groups is 1. The van der Waals surface area contributed by atoms with Crippen molar-refractivity contribution < 1.29 is 4.79 Å². The van der Waals surface area contributed by atoms with Crippen LogP contribution in [-0.2, 0) is 4.79 Å². The molecule has 1 saturated heterocycles. The van der Waals surface area contributed by atoms with Crippen molar-refractivity contribution in [1.82, 2.24) is 5.32 Å². The molecule has 0 radical (unpaired) electrons. The summed E-state index contributed by atoms with van der Waals surface area (Å²) in [7, 11) is 0. The molecule has 0 saturated carbocycles. The van der Waals surface area contributed by atoms with Crippen LogP contribution in [0.1, 0.15) is 20.8 Å². The summed E-state index contributed by atoms with van der Waals surface area (Å²) in [6, 6.07) is 0. The van der Waals surface area contributed by atoms with Crippen LogP contribution in [0.4, 0.5) is 0 Å². The maximum Gasteiger partial charge on any atom is 0.140 e. The van der Waals surface area contributed by atoms with Gasteiger partial charge in [0, 0.05) is 12.2 Å². The summed E-state index contributed by atoms with van der Waals surface area (Å²) < 4.78 is 0. The molecule has 56 valence electrons. The van der Waals surface area contributed by atoms with E-state index >= 15 is 0 Å². The maximum atomic E-state index is 10.9. The van der Waals surface area contributed by atoms with Crippen LogP contribution in [-0.4, -0.2) is 12.3 Å². The first-order chi connectivity index (χ1) is 4.63. The Morgan fingerprint density at radius 3 is 2.20 bits per heavy atom. The van der Waals surface area contributed by atoms with Gasteiger partial charge < -0.3 is 5.32 Å². The van der Waals surface area contributed by atoms with E-state index in [1.807, 2.05) is 13.8 Å². The maximum absolute atomic E-state index is 10.9. The monoisotopic (exact) mass is 139 g/mol. The van der Waals surface area contributed by atoms with Gasteiger partial charge >= 0.3 is 0 Å². The van der Waals surface area contributed by atoms with Crippen LogP contribution in [0.25, 0.3) is 0 Å². The fourth-order valence-corrected chi connectivity index (χ4v) is 1.18. The molecule has 1 N–H and O–H groups in total. The molecule has 2 heteroatoms. The lowest BCUT2D eigenvalue weighted by molar-refractivity contribution is -0.120. The molecule has 1 rings (SSSR count). The number of nitrogens with one attached hydrogen (secondary N) is 1. The lowest BCUT2D eigenvalue weighted by Gasteiger charge is -2.31. The molecule has 1 heterocycles. The molecule has 0 aromatic carbocycles. The van der Waals surface area contributed by atoms with E-state index in [-0.39, 0.29) is 11.7 Å². The topological polar surface area (TPSA) is 29.1 Å². The second-order valence-electron chi connectivity index (χ2n) is 2.96. The summed E-state index contributed by atoms with van der Waals surface area (Å²) in [5.74, 6) is 0.444. The minimum Gasteiger partial charge on any atom is -0.387 e. The summed E-state index contributed by atoms with van der Waals surface area (Å²) >= 11 is 0. The standard InChI is InChI=1S/C8H13NO/c1-5(2)8-7(4-9-8)6(3)10/h7,9H,4H2,1-3H3. The average Bonchev–Trinajstić information content (AvgIpc) is 1.56. The number of ketones is 1. The summed E-state index contributed by atoms with van der Waals surface area (Å²) in [5.41, 5.74) is 2.36. The SMILES string of the molecule is CC(=O)C1CNC1=C(C)C. The van der Waals surface area contributed by atoms with Crippen LogP contribution in [0.3, 0.4) is 0 Å². The number of hydrogen-bond donors (Lipinski definition) is 1. The molecule has 0 amide bonds. The molecule has 0 bridgehead atoms. The quantitative estimate of drug-likeness (QED) is 0.589. The van der Waals surface area contributed by atoms with Crippen LogP contribution in [0.2, 0.25) is 0 Å². The zero-order valence-corrected chi connectivity index (χ0v) is 6.69. The number of Topliss-reactive ketones (excluding diaryl/α,β-unsaturated/α-hetero) is 1. The molecular weight excluding hydrogens is 126 g/mol. The Morgan fingerprint density at radius 2 is 2.10 bits per heavy atom. The molecule has 1 fully saturated rings. The number of carbonyl (C=O) groups excluding carboxylic acids is 1. The van der Waals surface area contributed by atoms with Gasteiger partial charge in [-0.3, -0.25) is 4.79 Å². The fraction of sp³-hybridized carbons (Fsp3) is 0.625. The Hall–Kier alpha value is -0.790. The van der Waals surface area contributed by atoms with Crippen LogP contribution < -0.4 is 5.32 Å². The van der Waals surface area contributed by atoms with E-state index in [0.717, 1.165) is 12.2 Å². The zero-order chi connectivity index (χ0) is 7.72. The first-order valence-electron chi connectivity index (χ1n) is 3.54. The first kappa shape index (κ1) is 7.32. The van der Waals surface area contributed by atoms with E-state index in [1.165, 1.54) is 5.57 Å². The molecule has 0 spiro atoms. The second-order valence-corrected chi connectivity index (χ2v) is 2.96. The van der Waals surface area contributed by atoms with Gasteiger partial charge in [-0.05, 0) is 20.8 Å². The highest BCUT2D eigenvalue weighted by Crippen LogP contribution is 2.21. The molecule has 0 aromatic heterocycles. The van der Waals surface area contributed by atoms with Gasteiger partial charge in [0.15, 0.2) is 0 Å². The Morgan fingerprint density at radius 1 is 1.50 bits per heavy atom.